The van der Waals surface area contributed by atoms with Crippen molar-refractivity contribution in [2.75, 3.05) is 6.54 Å². The fraction of sp³-hybridized carbons (Fsp3) is 0.318. The quantitative estimate of drug-likeness (QED) is 0.784. The first-order valence-corrected chi connectivity index (χ1v) is 9.28. The van der Waals surface area contributed by atoms with Crippen LogP contribution in [0, 0.1) is 13.8 Å². The van der Waals surface area contributed by atoms with Crippen LogP contribution >= 0.6 is 0 Å². The van der Waals surface area contributed by atoms with Crippen molar-refractivity contribution in [3.63, 3.8) is 0 Å². The minimum Gasteiger partial charge on any atom is -0.348 e. The zero-order chi connectivity index (χ0) is 20.5. The van der Waals surface area contributed by atoms with Crippen molar-refractivity contribution >= 4 is 17.8 Å². The third-order valence-electron chi connectivity index (χ3n) is 5.34. The van der Waals surface area contributed by atoms with E-state index >= 15 is 0 Å². The van der Waals surface area contributed by atoms with Gasteiger partial charge in [0.05, 0.1) is 6.04 Å². The number of imide groups is 1. The Morgan fingerprint density at radius 3 is 2.43 bits per heavy atom. The largest absolute Gasteiger partial charge is 0.348 e. The normalized spacial score (nSPS) is 20.1. The number of benzene rings is 2. The summed E-state index contributed by atoms with van der Waals surface area (Å²) < 4.78 is 0. The van der Waals surface area contributed by atoms with E-state index in [-0.39, 0.29) is 18.5 Å². The minimum atomic E-state index is -1.17. The number of rotatable bonds is 5. The molecule has 4 amide bonds. The fourth-order valence-corrected chi connectivity index (χ4v) is 3.36. The van der Waals surface area contributed by atoms with Crippen LogP contribution in [0.1, 0.15) is 42.1 Å². The number of hydrogen-bond acceptors (Lipinski definition) is 3. The van der Waals surface area contributed by atoms with Gasteiger partial charge in [0.15, 0.2) is 0 Å². The SMILES string of the molecule is Cc1ccc(C(C)NC(=O)CN2C(=O)NC(C)(c3ccccc3)C2=O)cc1C. The Balaban J connectivity index is 1.69. The second-order valence-electron chi connectivity index (χ2n) is 7.45. The number of aryl methyl sites for hydroxylation is 2. The van der Waals surface area contributed by atoms with Crippen LogP contribution in [-0.4, -0.2) is 29.3 Å². The van der Waals surface area contributed by atoms with Gasteiger partial charge in [0.2, 0.25) is 5.91 Å². The molecule has 2 unspecified atom stereocenters. The number of carbonyl (C=O) groups excluding carboxylic acids is 3. The molecule has 0 spiro atoms. The lowest BCUT2D eigenvalue weighted by Crippen LogP contribution is -2.43. The first-order valence-electron chi connectivity index (χ1n) is 9.28. The molecule has 1 aliphatic rings. The number of amides is 4. The number of carbonyl (C=O) groups is 3. The summed E-state index contributed by atoms with van der Waals surface area (Å²) in [5.74, 6) is -0.816. The monoisotopic (exact) mass is 379 g/mol. The van der Waals surface area contributed by atoms with E-state index in [9.17, 15) is 14.4 Å². The summed E-state index contributed by atoms with van der Waals surface area (Å²) in [7, 11) is 0. The molecule has 0 aliphatic carbocycles. The minimum absolute atomic E-state index is 0.229. The predicted molar refractivity (Wildman–Crippen MR) is 107 cm³/mol. The lowest BCUT2D eigenvalue weighted by molar-refractivity contribution is -0.135. The van der Waals surface area contributed by atoms with Crippen LogP contribution in [-0.2, 0) is 15.1 Å². The second-order valence-corrected chi connectivity index (χ2v) is 7.45. The van der Waals surface area contributed by atoms with Crippen molar-refractivity contribution in [3.8, 4) is 0 Å². The van der Waals surface area contributed by atoms with E-state index < -0.39 is 17.5 Å². The fourth-order valence-electron chi connectivity index (χ4n) is 3.36. The molecule has 1 aliphatic heterocycles. The first kappa shape index (κ1) is 19.6. The Labute approximate surface area is 164 Å². The Bertz CT molecular complexity index is 926. The van der Waals surface area contributed by atoms with Crippen molar-refractivity contribution in [1.82, 2.24) is 15.5 Å². The molecule has 3 rings (SSSR count). The standard InChI is InChI=1S/C22H25N3O3/c1-14-10-11-17(12-15(14)2)16(3)23-19(26)13-25-20(27)22(4,24-21(25)28)18-8-6-5-7-9-18/h5-12,16H,13H2,1-4H3,(H,23,26)(H,24,28). The summed E-state index contributed by atoms with van der Waals surface area (Å²) in [6.07, 6.45) is 0. The molecule has 2 atom stereocenters. The zero-order valence-electron chi connectivity index (χ0n) is 16.6. The molecule has 0 radical (unpaired) electrons. The van der Waals surface area contributed by atoms with Gasteiger partial charge >= 0.3 is 6.03 Å². The van der Waals surface area contributed by atoms with Crippen LogP contribution in [0.5, 0.6) is 0 Å². The van der Waals surface area contributed by atoms with Gasteiger partial charge in [-0.1, -0.05) is 48.5 Å². The Kier molecular flexibility index (Phi) is 5.23. The molecule has 0 saturated carbocycles. The van der Waals surface area contributed by atoms with Gasteiger partial charge in [0.25, 0.3) is 5.91 Å². The summed E-state index contributed by atoms with van der Waals surface area (Å²) in [5.41, 5.74) is 2.81. The maximum atomic E-state index is 12.9. The molecule has 28 heavy (non-hydrogen) atoms. The molecular weight excluding hydrogens is 354 g/mol. The summed E-state index contributed by atoms with van der Waals surface area (Å²) in [6, 6.07) is 14.2. The van der Waals surface area contributed by atoms with Crippen molar-refractivity contribution < 1.29 is 14.4 Å². The average Bonchev–Trinajstić information content (AvgIpc) is 2.88. The van der Waals surface area contributed by atoms with Gasteiger partial charge in [-0.15, -0.1) is 0 Å². The topological polar surface area (TPSA) is 78.5 Å². The zero-order valence-corrected chi connectivity index (χ0v) is 16.6. The van der Waals surface area contributed by atoms with Crippen LogP contribution in [0.4, 0.5) is 4.79 Å². The molecule has 0 bridgehead atoms. The van der Waals surface area contributed by atoms with Crippen molar-refractivity contribution in [3.05, 3.63) is 70.8 Å². The number of urea groups is 1. The summed E-state index contributed by atoms with van der Waals surface area (Å²) in [6.45, 7) is 7.26. The van der Waals surface area contributed by atoms with Gasteiger partial charge < -0.3 is 10.6 Å². The van der Waals surface area contributed by atoms with Crippen molar-refractivity contribution in [2.45, 2.75) is 39.3 Å². The second kappa shape index (κ2) is 7.46. The highest BCUT2D eigenvalue weighted by Gasteiger charge is 2.49. The highest BCUT2D eigenvalue weighted by atomic mass is 16.2. The van der Waals surface area contributed by atoms with Gasteiger partial charge in [-0.2, -0.15) is 0 Å². The van der Waals surface area contributed by atoms with E-state index in [0.717, 1.165) is 16.0 Å². The molecule has 2 aromatic rings. The number of nitrogens with zero attached hydrogens (tertiary/aromatic N) is 1. The molecule has 2 N–H and O–H groups in total. The average molecular weight is 379 g/mol. The summed E-state index contributed by atoms with van der Waals surface area (Å²) >= 11 is 0. The van der Waals surface area contributed by atoms with E-state index in [1.165, 1.54) is 5.56 Å². The van der Waals surface area contributed by atoms with Crippen molar-refractivity contribution in [1.29, 1.82) is 0 Å². The lowest BCUT2D eigenvalue weighted by Gasteiger charge is -2.22. The first-order chi connectivity index (χ1) is 13.2. The van der Waals surface area contributed by atoms with E-state index in [0.29, 0.717) is 5.56 Å². The van der Waals surface area contributed by atoms with Crippen LogP contribution in [0.3, 0.4) is 0 Å². The van der Waals surface area contributed by atoms with Gasteiger partial charge in [-0.3, -0.25) is 14.5 Å². The molecule has 1 heterocycles. The smallest absolute Gasteiger partial charge is 0.325 e. The summed E-state index contributed by atoms with van der Waals surface area (Å²) in [4.78, 5) is 38.7. The third kappa shape index (κ3) is 3.63. The molecule has 146 valence electrons. The van der Waals surface area contributed by atoms with Crippen LogP contribution in [0.25, 0.3) is 0 Å². The summed E-state index contributed by atoms with van der Waals surface area (Å²) in [5, 5.41) is 5.57. The molecule has 1 saturated heterocycles. The maximum Gasteiger partial charge on any atom is 0.325 e. The molecule has 6 heteroatoms. The molecule has 0 aromatic heterocycles. The maximum absolute atomic E-state index is 12.9. The number of nitrogens with one attached hydrogen (secondary N) is 2. The molecule has 6 nitrogen and oxygen atoms in total. The van der Waals surface area contributed by atoms with Crippen LogP contribution in [0.2, 0.25) is 0 Å². The highest BCUT2D eigenvalue weighted by Crippen LogP contribution is 2.28. The lowest BCUT2D eigenvalue weighted by atomic mass is 9.92. The molecule has 1 fully saturated rings. The Morgan fingerprint density at radius 1 is 1.11 bits per heavy atom. The van der Waals surface area contributed by atoms with E-state index in [1.54, 1.807) is 31.2 Å². The van der Waals surface area contributed by atoms with Gasteiger partial charge in [-0.05, 0) is 49.9 Å². The van der Waals surface area contributed by atoms with Gasteiger partial charge in [0, 0.05) is 0 Å². The van der Waals surface area contributed by atoms with Gasteiger partial charge in [-0.25, -0.2) is 4.79 Å². The molecular formula is C22H25N3O3. The Hall–Kier alpha value is -3.15. The molecule has 2 aromatic carbocycles. The van der Waals surface area contributed by atoms with E-state index in [1.807, 2.05) is 45.0 Å². The highest BCUT2D eigenvalue weighted by molar-refractivity contribution is 6.09. The third-order valence-corrected chi connectivity index (χ3v) is 5.34. The number of hydrogen-bond donors (Lipinski definition) is 2. The van der Waals surface area contributed by atoms with Crippen LogP contribution < -0.4 is 10.6 Å². The van der Waals surface area contributed by atoms with E-state index in [2.05, 4.69) is 10.6 Å². The van der Waals surface area contributed by atoms with Crippen molar-refractivity contribution in [2.24, 2.45) is 0 Å². The Morgan fingerprint density at radius 2 is 1.79 bits per heavy atom. The van der Waals surface area contributed by atoms with Gasteiger partial charge in [0.1, 0.15) is 12.1 Å². The van der Waals surface area contributed by atoms with Crippen LogP contribution in [0.15, 0.2) is 48.5 Å². The predicted octanol–water partition coefficient (Wildman–Crippen LogP) is 2.95. The van der Waals surface area contributed by atoms with E-state index in [4.69, 9.17) is 0 Å².